The van der Waals surface area contributed by atoms with Gasteiger partial charge in [-0.25, -0.2) is 0 Å². The lowest BCUT2D eigenvalue weighted by atomic mass is 9.80. The smallest absolute Gasteiger partial charge is 0.306 e. The van der Waals surface area contributed by atoms with Crippen molar-refractivity contribution in [2.24, 2.45) is 11.8 Å². The molecule has 0 aromatic carbocycles. The maximum atomic E-state index is 10.8. The molecule has 1 aliphatic heterocycles. The Kier molecular flexibility index (Phi) is 2.96. The number of carboxylic acids is 1. The summed E-state index contributed by atoms with van der Waals surface area (Å²) in [6, 6.07) is 0. The van der Waals surface area contributed by atoms with Crippen molar-refractivity contribution in [3.05, 3.63) is 0 Å². The van der Waals surface area contributed by atoms with Crippen LogP contribution in [0.4, 0.5) is 0 Å². The fourth-order valence-corrected chi connectivity index (χ4v) is 1.91. The van der Waals surface area contributed by atoms with Crippen molar-refractivity contribution in [2.45, 2.75) is 39.2 Å². The van der Waals surface area contributed by atoms with Crippen LogP contribution in [0.1, 0.15) is 33.6 Å². The lowest BCUT2D eigenvalue weighted by molar-refractivity contribution is -0.147. The third kappa shape index (κ3) is 2.69. The second-order valence-electron chi connectivity index (χ2n) is 4.49. The fourth-order valence-electron chi connectivity index (χ4n) is 1.91. The van der Waals surface area contributed by atoms with Gasteiger partial charge >= 0.3 is 5.97 Å². The van der Waals surface area contributed by atoms with Gasteiger partial charge in [-0.15, -0.1) is 0 Å². The molecule has 1 rings (SSSR count). The lowest BCUT2D eigenvalue weighted by Gasteiger charge is -2.37. The standard InChI is InChI=1S/C10H18O3/c1-7(9(11)12)8-4-5-13-10(2,3)6-8/h7-8H,4-6H2,1-3H3,(H,11,12)/t7-,8?/m1/s1. The Morgan fingerprint density at radius 1 is 1.62 bits per heavy atom. The molecule has 1 unspecified atom stereocenters. The van der Waals surface area contributed by atoms with Crippen LogP contribution in [0.15, 0.2) is 0 Å². The van der Waals surface area contributed by atoms with E-state index in [2.05, 4.69) is 0 Å². The Balaban J connectivity index is 2.56. The molecule has 0 aliphatic carbocycles. The molecule has 1 fully saturated rings. The van der Waals surface area contributed by atoms with Crippen molar-refractivity contribution in [3.8, 4) is 0 Å². The number of hydrogen-bond donors (Lipinski definition) is 1. The van der Waals surface area contributed by atoms with Crippen molar-refractivity contribution in [1.82, 2.24) is 0 Å². The zero-order valence-electron chi connectivity index (χ0n) is 8.54. The van der Waals surface area contributed by atoms with Gasteiger partial charge < -0.3 is 9.84 Å². The van der Waals surface area contributed by atoms with E-state index in [4.69, 9.17) is 9.84 Å². The van der Waals surface area contributed by atoms with Crippen LogP contribution >= 0.6 is 0 Å². The molecule has 0 bridgehead atoms. The molecular formula is C10H18O3. The van der Waals surface area contributed by atoms with Crippen molar-refractivity contribution in [3.63, 3.8) is 0 Å². The topological polar surface area (TPSA) is 46.5 Å². The number of ether oxygens (including phenoxy) is 1. The first-order valence-electron chi connectivity index (χ1n) is 4.79. The van der Waals surface area contributed by atoms with Crippen LogP contribution in [0, 0.1) is 11.8 Å². The summed E-state index contributed by atoms with van der Waals surface area (Å²) in [6.45, 7) is 6.52. The number of hydrogen-bond acceptors (Lipinski definition) is 2. The largest absolute Gasteiger partial charge is 0.481 e. The van der Waals surface area contributed by atoms with E-state index in [1.54, 1.807) is 6.92 Å². The lowest BCUT2D eigenvalue weighted by Crippen LogP contribution is -2.38. The van der Waals surface area contributed by atoms with Crippen LogP contribution in [0.25, 0.3) is 0 Å². The van der Waals surface area contributed by atoms with Gasteiger partial charge in [-0.05, 0) is 32.6 Å². The monoisotopic (exact) mass is 186 g/mol. The molecule has 13 heavy (non-hydrogen) atoms. The Bertz CT molecular complexity index is 198. The van der Waals surface area contributed by atoms with Crippen molar-refractivity contribution in [2.75, 3.05) is 6.61 Å². The molecule has 0 spiro atoms. The summed E-state index contributed by atoms with van der Waals surface area (Å²) < 4.78 is 5.53. The predicted molar refractivity (Wildman–Crippen MR) is 49.6 cm³/mol. The van der Waals surface area contributed by atoms with Crippen molar-refractivity contribution < 1.29 is 14.6 Å². The minimum absolute atomic E-state index is 0.146. The van der Waals surface area contributed by atoms with E-state index in [0.29, 0.717) is 6.61 Å². The molecule has 0 amide bonds. The predicted octanol–water partition coefficient (Wildman–Crippen LogP) is 1.91. The molecule has 1 heterocycles. The van der Waals surface area contributed by atoms with Crippen LogP contribution in [0.3, 0.4) is 0 Å². The highest BCUT2D eigenvalue weighted by Gasteiger charge is 2.34. The SMILES string of the molecule is C[C@@H](C(=O)O)C1CCOC(C)(C)C1. The zero-order valence-corrected chi connectivity index (χ0v) is 8.54. The summed E-state index contributed by atoms with van der Waals surface area (Å²) in [4.78, 5) is 10.8. The number of carboxylic acid groups (broad SMARTS) is 1. The highest BCUT2D eigenvalue weighted by Crippen LogP contribution is 2.33. The van der Waals surface area contributed by atoms with Crippen LogP contribution in [0.5, 0.6) is 0 Å². The molecule has 0 saturated carbocycles. The molecule has 2 atom stereocenters. The molecule has 0 aromatic heterocycles. The third-order valence-electron chi connectivity index (χ3n) is 2.83. The quantitative estimate of drug-likeness (QED) is 0.716. The van der Waals surface area contributed by atoms with Crippen LogP contribution in [0.2, 0.25) is 0 Å². The maximum absolute atomic E-state index is 10.8. The van der Waals surface area contributed by atoms with Gasteiger partial charge in [0.2, 0.25) is 0 Å². The molecule has 1 saturated heterocycles. The third-order valence-corrected chi connectivity index (χ3v) is 2.83. The summed E-state index contributed by atoms with van der Waals surface area (Å²) in [6.07, 6.45) is 1.72. The zero-order chi connectivity index (χ0) is 10.1. The molecular weight excluding hydrogens is 168 g/mol. The van der Waals surface area contributed by atoms with Crippen molar-refractivity contribution >= 4 is 5.97 Å². The molecule has 76 valence electrons. The van der Waals surface area contributed by atoms with Gasteiger partial charge in [-0.2, -0.15) is 0 Å². The Morgan fingerprint density at radius 2 is 2.23 bits per heavy atom. The average molecular weight is 186 g/mol. The maximum Gasteiger partial charge on any atom is 0.306 e. The summed E-state index contributed by atoms with van der Waals surface area (Å²) in [5.74, 6) is -0.674. The number of rotatable bonds is 2. The highest BCUT2D eigenvalue weighted by molar-refractivity contribution is 5.69. The van der Waals surface area contributed by atoms with Gasteiger partial charge in [-0.3, -0.25) is 4.79 Å². The number of aliphatic carboxylic acids is 1. The molecule has 0 radical (unpaired) electrons. The van der Waals surface area contributed by atoms with E-state index < -0.39 is 5.97 Å². The average Bonchev–Trinajstić information content (AvgIpc) is 2.01. The molecule has 3 nitrogen and oxygen atoms in total. The second kappa shape index (κ2) is 3.66. The summed E-state index contributed by atoms with van der Waals surface area (Å²) in [5, 5.41) is 8.86. The van der Waals surface area contributed by atoms with Gasteiger partial charge in [0.05, 0.1) is 11.5 Å². The van der Waals surface area contributed by atoms with E-state index in [9.17, 15) is 4.79 Å². The minimum Gasteiger partial charge on any atom is -0.481 e. The van der Waals surface area contributed by atoms with Gasteiger partial charge in [0.1, 0.15) is 0 Å². The van der Waals surface area contributed by atoms with Crippen molar-refractivity contribution in [1.29, 1.82) is 0 Å². The Hall–Kier alpha value is -0.570. The van der Waals surface area contributed by atoms with Gasteiger partial charge in [0, 0.05) is 6.61 Å². The normalized spacial score (nSPS) is 29.6. The summed E-state index contributed by atoms with van der Waals surface area (Å²) in [7, 11) is 0. The molecule has 1 aliphatic rings. The first-order valence-corrected chi connectivity index (χ1v) is 4.79. The summed E-state index contributed by atoms with van der Waals surface area (Å²) >= 11 is 0. The Labute approximate surface area is 79.1 Å². The van der Waals surface area contributed by atoms with E-state index in [1.165, 1.54) is 0 Å². The van der Waals surface area contributed by atoms with Crippen LogP contribution in [-0.2, 0) is 9.53 Å². The van der Waals surface area contributed by atoms with Crippen LogP contribution in [-0.4, -0.2) is 23.3 Å². The molecule has 3 heteroatoms. The molecule has 0 aromatic rings. The van der Waals surface area contributed by atoms with E-state index in [-0.39, 0.29) is 17.4 Å². The van der Waals surface area contributed by atoms with E-state index in [0.717, 1.165) is 12.8 Å². The van der Waals surface area contributed by atoms with E-state index >= 15 is 0 Å². The molecule has 1 N–H and O–H groups in total. The first kappa shape index (κ1) is 10.5. The Morgan fingerprint density at radius 3 is 2.69 bits per heavy atom. The first-order chi connectivity index (χ1) is 5.92. The minimum atomic E-state index is -0.692. The summed E-state index contributed by atoms with van der Waals surface area (Å²) in [5.41, 5.74) is -0.146. The van der Waals surface area contributed by atoms with Gasteiger partial charge in [0.25, 0.3) is 0 Å². The van der Waals surface area contributed by atoms with E-state index in [1.807, 2.05) is 13.8 Å². The highest BCUT2D eigenvalue weighted by atomic mass is 16.5. The van der Waals surface area contributed by atoms with Crippen LogP contribution < -0.4 is 0 Å². The van der Waals surface area contributed by atoms with Gasteiger partial charge in [-0.1, -0.05) is 6.92 Å². The van der Waals surface area contributed by atoms with Gasteiger partial charge in [0.15, 0.2) is 0 Å². The second-order valence-corrected chi connectivity index (χ2v) is 4.49. The number of carbonyl (C=O) groups is 1. The fraction of sp³-hybridized carbons (Fsp3) is 0.900.